The molecule has 1 heterocycles. The molecule has 0 aliphatic heterocycles. The van der Waals surface area contributed by atoms with Gasteiger partial charge in [-0.05, 0) is 47.8 Å². The van der Waals surface area contributed by atoms with Crippen molar-refractivity contribution in [2.45, 2.75) is 15.5 Å². The minimum absolute atomic E-state index is 0.183. The van der Waals surface area contributed by atoms with E-state index < -0.39 is 10.0 Å². The Labute approximate surface area is 173 Å². The summed E-state index contributed by atoms with van der Waals surface area (Å²) in [5.74, 6) is 0.580. The minimum Gasteiger partial charge on any atom is -0.322 e. The largest absolute Gasteiger partial charge is 0.322 e. The highest BCUT2D eigenvalue weighted by atomic mass is 32.2. The van der Waals surface area contributed by atoms with Gasteiger partial charge in [0.2, 0.25) is 10.0 Å². The second-order valence-corrected chi connectivity index (χ2v) is 10.3. The molecule has 146 valence electrons. The Kier molecular flexibility index (Phi) is 6.56. The lowest BCUT2D eigenvalue weighted by Gasteiger charge is -2.12. The van der Waals surface area contributed by atoms with E-state index in [4.69, 9.17) is 0 Å². The Morgan fingerprint density at radius 2 is 1.75 bits per heavy atom. The molecule has 0 atom stereocenters. The van der Waals surface area contributed by atoms with Crippen LogP contribution in [0.2, 0.25) is 0 Å². The Morgan fingerprint density at radius 3 is 2.39 bits per heavy atom. The van der Waals surface area contributed by atoms with Crippen LogP contribution < -0.4 is 5.32 Å². The Balaban J connectivity index is 1.73. The van der Waals surface area contributed by atoms with Crippen LogP contribution in [0.3, 0.4) is 0 Å². The quantitative estimate of drug-likeness (QED) is 0.557. The highest BCUT2D eigenvalue weighted by Gasteiger charge is 2.17. The van der Waals surface area contributed by atoms with E-state index in [1.54, 1.807) is 41.3 Å². The van der Waals surface area contributed by atoms with Crippen LogP contribution in [0.15, 0.2) is 75.8 Å². The first-order valence-corrected chi connectivity index (χ1v) is 11.8. The molecule has 8 heteroatoms. The first kappa shape index (κ1) is 20.6. The summed E-state index contributed by atoms with van der Waals surface area (Å²) in [6, 6.07) is 17.7. The maximum Gasteiger partial charge on any atom is 0.256 e. The highest BCUT2D eigenvalue weighted by molar-refractivity contribution is 7.98. The monoisotopic (exact) mass is 432 g/mol. The molecule has 0 bridgehead atoms. The predicted molar refractivity (Wildman–Crippen MR) is 116 cm³/mol. The van der Waals surface area contributed by atoms with Crippen molar-refractivity contribution in [1.29, 1.82) is 0 Å². The molecule has 1 amide bonds. The van der Waals surface area contributed by atoms with E-state index in [9.17, 15) is 13.2 Å². The summed E-state index contributed by atoms with van der Waals surface area (Å²) >= 11 is 3.31. The summed E-state index contributed by atoms with van der Waals surface area (Å²) in [4.78, 5) is 15.1. The third-order valence-corrected chi connectivity index (χ3v) is 7.98. The molecule has 0 radical (unpaired) electrons. The van der Waals surface area contributed by atoms with E-state index in [0.717, 1.165) is 15.0 Å². The smallest absolute Gasteiger partial charge is 0.256 e. The number of thiophene rings is 1. The molecule has 5 nitrogen and oxygen atoms in total. The number of anilines is 1. The summed E-state index contributed by atoms with van der Waals surface area (Å²) in [6.45, 7) is 0. The van der Waals surface area contributed by atoms with Crippen molar-refractivity contribution in [1.82, 2.24) is 4.31 Å². The molecule has 1 N–H and O–H groups in total. The van der Waals surface area contributed by atoms with Crippen molar-refractivity contribution in [3.8, 4) is 0 Å². The van der Waals surface area contributed by atoms with Gasteiger partial charge in [-0.3, -0.25) is 4.79 Å². The third kappa shape index (κ3) is 4.82. The van der Waals surface area contributed by atoms with Crippen molar-refractivity contribution in [2.24, 2.45) is 0 Å². The molecule has 0 aliphatic rings. The molecule has 0 saturated carbocycles. The molecule has 3 rings (SSSR count). The molecule has 0 fully saturated rings. The van der Waals surface area contributed by atoms with Crippen LogP contribution in [-0.2, 0) is 15.8 Å². The van der Waals surface area contributed by atoms with Crippen molar-refractivity contribution in [3.05, 3.63) is 76.5 Å². The van der Waals surface area contributed by atoms with Gasteiger partial charge in [-0.15, -0.1) is 23.1 Å². The zero-order chi connectivity index (χ0) is 20.1. The number of sulfonamides is 1. The summed E-state index contributed by atoms with van der Waals surface area (Å²) in [5, 5.41) is 4.88. The number of amides is 1. The van der Waals surface area contributed by atoms with E-state index in [2.05, 4.69) is 11.4 Å². The standard InChI is InChI=1S/C20H20N2O3S3/c1-22(2)28(24,25)17-11-9-15(10-12-17)21-20(23)18-7-3-4-8-19(18)27-14-16-6-5-13-26-16/h3-13H,14H2,1-2H3,(H,21,23). The second-order valence-electron chi connectivity index (χ2n) is 6.13. The number of thioether (sulfide) groups is 1. The Bertz CT molecular complexity index is 1040. The summed E-state index contributed by atoms with van der Waals surface area (Å²) in [6.07, 6.45) is 0. The van der Waals surface area contributed by atoms with Crippen molar-refractivity contribution < 1.29 is 13.2 Å². The SMILES string of the molecule is CN(C)S(=O)(=O)c1ccc(NC(=O)c2ccccc2SCc2cccs2)cc1. The predicted octanol–water partition coefficient (Wildman–Crippen LogP) is 4.54. The molecule has 2 aromatic carbocycles. The zero-order valence-electron chi connectivity index (χ0n) is 15.5. The Hall–Kier alpha value is -2.13. The summed E-state index contributed by atoms with van der Waals surface area (Å²) < 4.78 is 25.4. The Morgan fingerprint density at radius 1 is 1.04 bits per heavy atom. The molecule has 0 saturated heterocycles. The zero-order valence-corrected chi connectivity index (χ0v) is 17.9. The fraction of sp³-hybridized carbons (Fsp3) is 0.150. The average Bonchev–Trinajstić information content (AvgIpc) is 3.20. The molecule has 0 unspecified atom stereocenters. The van der Waals surface area contributed by atoms with Gasteiger partial charge in [0.1, 0.15) is 0 Å². The van der Waals surface area contributed by atoms with E-state index in [1.165, 1.54) is 31.1 Å². The number of rotatable bonds is 7. The van der Waals surface area contributed by atoms with Crippen LogP contribution in [0.4, 0.5) is 5.69 Å². The van der Waals surface area contributed by atoms with Crippen LogP contribution in [0.1, 0.15) is 15.2 Å². The molecule has 3 aromatic rings. The highest BCUT2D eigenvalue weighted by Crippen LogP contribution is 2.28. The molecule has 1 aromatic heterocycles. The number of carbonyl (C=O) groups excluding carboxylic acids is 1. The number of hydrogen-bond donors (Lipinski definition) is 1. The lowest BCUT2D eigenvalue weighted by atomic mass is 10.2. The van der Waals surface area contributed by atoms with Crippen molar-refractivity contribution in [3.63, 3.8) is 0 Å². The van der Waals surface area contributed by atoms with Gasteiger partial charge < -0.3 is 5.32 Å². The normalized spacial score (nSPS) is 11.5. The number of nitrogens with one attached hydrogen (secondary N) is 1. The van der Waals surface area contributed by atoms with Gasteiger partial charge in [0.25, 0.3) is 5.91 Å². The molecular formula is C20H20N2O3S3. The minimum atomic E-state index is -3.49. The fourth-order valence-electron chi connectivity index (χ4n) is 2.44. The molecular weight excluding hydrogens is 412 g/mol. The van der Waals surface area contributed by atoms with Crippen LogP contribution in [0, 0.1) is 0 Å². The fourth-order valence-corrected chi connectivity index (χ4v) is 5.17. The van der Waals surface area contributed by atoms with Crippen molar-refractivity contribution >= 4 is 44.7 Å². The van der Waals surface area contributed by atoms with Gasteiger partial charge in [-0.1, -0.05) is 18.2 Å². The first-order chi connectivity index (χ1) is 13.4. The van der Waals surface area contributed by atoms with Crippen LogP contribution in [0.5, 0.6) is 0 Å². The maximum absolute atomic E-state index is 12.7. The van der Waals surface area contributed by atoms with Gasteiger partial charge in [-0.2, -0.15) is 0 Å². The average molecular weight is 433 g/mol. The molecule has 0 spiro atoms. The van der Waals surface area contributed by atoms with Gasteiger partial charge in [0.05, 0.1) is 10.5 Å². The number of carbonyl (C=O) groups is 1. The van der Waals surface area contributed by atoms with E-state index in [-0.39, 0.29) is 10.8 Å². The van der Waals surface area contributed by atoms with Crippen LogP contribution >= 0.6 is 23.1 Å². The van der Waals surface area contributed by atoms with Gasteiger partial charge in [-0.25, -0.2) is 12.7 Å². The number of nitrogens with zero attached hydrogens (tertiary/aromatic N) is 1. The van der Waals surface area contributed by atoms with Crippen LogP contribution in [0.25, 0.3) is 0 Å². The summed E-state index contributed by atoms with van der Waals surface area (Å²) in [5.41, 5.74) is 1.13. The van der Waals surface area contributed by atoms with Gasteiger partial charge >= 0.3 is 0 Å². The maximum atomic E-state index is 12.7. The lowest BCUT2D eigenvalue weighted by Crippen LogP contribution is -2.22. The second kappa shape index (κ2) is 8.91. The van der Waals surface area contributed by atoms with Crippen LogP contribution in [-0.4, -0.2) is 32.7 Å². The van der Waals surface area contributed by atoms with E-state index >= 15 is 0 Å². The summed E-state index contributed by atoms with van der Waals surface area (Å²) in [7, 11) is -0.528. The molecule has 0 aliphatic carbocycles. The molecule has 28 heavy (non-hydrogen) atoms. The first-order valence-electron chi connectivity index (χ1n) is 8.46. The van der Waals surface area contributed by atoms with E-state index in [1.807, 2.05) is 29.6 Å². The number of hydrogen-bond acceptors (Lipinski definition) is 5. The third-order valence-electron chi connectivity index (χ3n) is 3.97. The van der Waals surface area contributed by atoms with Crippen molar-refractivity contribution in [2.75, 3.05) is 19.4 Å². The van der Waals surface area contributed by atoms with Gasteiger partial charge in [0, 0.05) is 35.3 Å². The topological polar surface area (TPSA) is 66.5 Å². The lowest BCUT2D eigenvalue weighted by molar-refractivity contribution is 0.102. The number of benzene rings is 2. The van der Waals surface area contributed by atoms with Gasteiger partial charge in [0.15, 0.2) is 0 Å². The van der Waals surface area contributed by atoms with E-state index in [0.29, 0.717) is 11.3 Å².